The Morgan fingerprint density at radius 2 is 2.18 bits per heavy atom. The zero-order valence-corrected chi connectivity index (χ0v) is 10.4. The van der Waals surface area contributed by atoms with E-state index in [-0.39, 0.29) is 4.90 Å². The Morgan fingerprint density at radius 1 is 1.47 bits per heavy atom. The number of nitrogens with zero attached hydrogens (tertiary/aromatic N) is 1. The van der Waals surface area contributed by atoms with E-state index in [2.05, 4.69) is 4.72 Å². The second-order valence-electron chi connectivity index (χ2n) is 4.39. The van der Waals surface area contributed by atoms with Gasteiger partial charge in [0, 0.05) is 6.54 Å². The van der Waals surface area contributed by atoms with Crippen molar-refractivity contribution in [1.29, 1.82) is 5.26 Å². The van der Waals surface area contributed by atoms with Crippen molar-refractivity contribution in [3.63, 3.8) is 0 Å². The van der Waals surface area contributed by atoms with Crippen LogP contribution in [0.2, 0.25) is 0 Å². The van der Waals surface area contributed by atoms with Crippen molar-refractivity contribution >= 4 is 10.0 Å². The van der Waals surface area contributed by atoms with E-state index in [4.69, 9.17) is 5.26 Å². The highest BCUT2D eigenvalue weighted by molar-refractivity contribution is 7.89. The molecule has 1 saturated carbocycles. The van der Waals surface area contributed by atoms with E-state index in [9.17, 15) is 8.42 Å². The van der Waals surface area contributed by atoms with Crippen LogP contribution in [0.3, 0.4) is 0 Å². The lowest BCUT2D eigenvalue weighted by molar-refractivity contribution is 0.577. The molecule has 0 bridgehead atoms. The Bertz CT molecular complexity index is 569. The maximum absolute atomic E-state index is 12.0. The Morgan fingerprint density at radius 3 is 2.76 bits per heavy atom. The molecule has 1 aliphatic carbocycles. The van der Waals surface area contributed by atoms with Gasteiger partial charge in [-0.1, -0.05) is 6.07 Å². The van der Waals surface area contributed by atoms with Crippen LogP contribution in [0.4, 0.5) is 0 Å². The third-order valence-electron chi connectivity index (χ3n) is 2.87. The molecule has 0 spiro atoms. The van der Waals surface area contributed by atoms with Crippen LogP contribution in [-0.4, -0.2) is 15.0 Å². The average molecular weight is 250 g/mol. The van der Waals surface area contributed by atoms with E-state index in [0.29, 0.717) is 23.6 Å². The molecule has 0 heterocycles. The van der Waals surface area contributed by atoms with Gasteiger partial charge >= 0.3 is 0 Å². The normalized spacial score (nSPS) is 15.5. The minimum Gasteiger partial charge on any atom is -0.211 e. The van der Waals surface area contributed by atoms with Gasteiger partial charge in [0.1, 0.15) is 0 Å². The second kappa shape index (κ2) is 4.47. The summed E-state index contributed by atoms with van der Waals surface area (Å²) in [6.07, 6.45) is 2.19. The highest BCUT2D eigenvalue weighted by atomic mass is 32.2. The van der Waals surface area contributed by atoms with E-state index in [1.807, 2.05) is 6.07 Å². The molecular formula is C12H14N2O2S. The molecule has 0 saturated heterocycles. The fraction of sp³-hybridized carbons (Fsp3) is 0.417. The standard InChI is InChI=1S/C12H14N2O2S/c1-9-2-3-11(7-13)6-12(9)17(15,16)14-8-10-4-5-10/h2-3,6,10,14H,4-5,8H2,1H3. The molecule has 2 rings (SSSR count). The first-order chi connectivity index (χ1) is 8.03. The van der Waals surface area contributed by atoms with Crippen molar-refractivity contribution in [2.75, 3.05) is 6.54 Å². The Hall–Kier alpha value is -1.38. The van der Waals surface area contributed by atoms with Crippen LogP contribution in [0.1, 0.15) is 24.0 Å². The molecular weight excluding hydrogens is 236 g/mol. The van der Waals surface area contributed by atoms with Gasteiger partial charge in [0.25, 0.3) is 0 Å². The SMILES string of the molecule is Cc1ccc(C#N)cc1S(=O)(=O)NCC1CC1. The fourth-order valence-corrected chi connectivity index (χ4v) is 2.97. The summed E-state index contributed by atoms with van der Waals surface area (Å²) >= 11 is 0. The smallest absolute Gasteiger partial charge is 0.211 e. The molecule has 4 nitrogen and oxygen atoms in total. The first kappa shape index (κ1) is 12.1. The molecule has 17 heavy (non-hydrogen) atoms. The van der Waals surface area contributed by atoms with Gasteiger partial charge in [-0.05, 0) is 43.4 Å². The largest absolute Gasteiger partial charge is 0.240 e. The highest BCUT2D eigenvalue weighted by Gasteiger charge is 2.25. The summed E-state index contributed by atoms with van der Waals surface area (Å²) in [5.74, 6) is 0.490. The highest BCUT2D eigenvalue weighted by Crippen LogP contribution is 2.28. The molecule has 90 valence electrons. The molecule has 1 aliphatic rings. The van der Waals surface area contributed by atoms with Gasteiger partial charge in [-0.25, -0.2) is 13.1 Å². The van der Waals surface area contributed by atoms with E-state index >= 15 is 0 Å². The molecule has 5 heteroatoms. The molecule has 0 unspecified atom stereocenters. The molecule has 1 aromatic carbocycles. The molecule has 0 amide bonds. The molecule has 1 aromatic rings. The number of benzene rings is 1. The molecule has 1 N–H and O–H groups in total. The Balaban J connectivity index is 2.27. The summed E-state index contributed by atoms with van der Waals surface area (Å²) in [5.41, 5.74) is 1.02. The third kappa shape index (κ3) is 2.84. The number of rotatable bonds is 4. The summed E-state index contributed by atoms with van der Waals surface area (Å²) in [6.45, 7) is 2.23. The summed E-state index contributed by atoms with van der Waals surface area (Å²) in [7, 11) is -3.48. The van der Waals surface area contributed by atoms with Crippen LogP contribution in [0, 0.1) is 24.2 Å². The van der Waals surface area contributed by atoms with E-state index in [1.54, 1.807) is 19.1 Å². The van der Waals surface area contributed by atoms with Crippen LogP contribution in [-0.2, 0) is 10.0 Å². The fourth-order valence-electron chi connectivity index (χ4n) is 1.59. The van der Waals surface area contributed by atoms with Gasteiger partial charge in [-0.3, -0.25) is 0 Å². The van der Waals surface area contributed by atoms with Gasteiger partial charge in [0.2, 0.25) is 10.0 Å². The van der Waals surface area contributed by atoms with Crippen LogP contribution in [0.15, 0.2) is 23.1 Å². The Labute approximate surface area is 101 Å². The predicted octanol–water partition coefficient (Wildman–Crippen LogP) is 1.55. The number of sulfonamides is 1. The van der Waals surface area contributed by atoms with Crippen molar-refractivity contribution in [3.8, 4) is 6.07 Å². The second-order valence-corrected chi connectivity index (χ2v) is 6.12. The van der Waals surface area contributed by atoms with Gasteiger partial charge in [-0.15, -0.1) is 0 Å². The van der Waals surface area contributed by atoms with Crippen LogP contribution < -0.4 is 4.72 Å². The van der Waals surface area contributed by atoms with Crippen molar-refractivity contribution < 1.29 is 8.42 Å². The minimum atomic E-state index is -3.48. The molecule has 0 aromatic heterocycles. The predicted molar refractivity (Wildman–Crippen MR) is 63.8 cm³/mol. The zero-order valence-electron chi connectivity index (χ0n) is 9.60. The van der Waals surface area contributed by atoms with Crippen molar-refractivity contribution in [2.45, 2.75) is 24.7 Å². The maximum Gasteiger partial charge on any atom is 0.240 e. The maximum atomic E-state index is 12.0. The van der Waals surface area contributed by atoms with Crippen LogP contribution in [0.25, 0.3) is 0 Å². The molecule has 0 aliphatic heterocycles. The summed E-state index contributed by atoms with van der Waals surface area (Å²) in [6, 6.07) is 6.65. The average Bonchev–Trinajstić information content (AvgIpc) is 3.11. The lowest BCUT2D eigenvalue weighted by Gasteiger charge is -2.09. The number of nitrogens with one attached hydrogen (secondary N) is 1. The lowest BCUT2D eigenvalue weighted by atomic mass is 10.2. The van der Waals surface area contributed by atoms with Crippen molar-refractivity contribution in [1.82, 2.24) is 4.72 Å². The van der Waals surface area contributed by atoms with Gasteiger partial charge < -0.3 is 0 Å². The summed E-state index contributed by atoms with van der Waals surface area (Å²) in [4.78, 5) is 0.206. The van der Waals surface area contributed by atoms with Crippen molar-refractivity contribution in [2.24, 2.45) is 5.92 Å². The number of hydrogen-bond acceptors (Lipinski definition) is 3. The van der Waals surface area contributed by atoms with E-state index in [0.717, 1.165) is 12.8 Å². The molecule has 0 radical (unpaired) electrons. The van der Waals surface area contributed by atoms with Gasteiger partial charge in [0.05, 0.1) is 16.5 Å². The van der Waals surface area contributed by atoms with Gasteiger partial charge in [0.15, 0.2) is 0 Å². The van der Waals surface area contributed by atoms with Crippen LogP contribution >= 0.6 is 0 Å². The monoisotopic (exact) mass is 250 g/mol. The Kier molecular flexibility index (Phi) is 3.18. The van der Waals surface area contributed by atoms with Crippen molar-refractivity contribution in [3.05, 3.63) is 29.3 Å². The first-order valence-electron chi connectivity index (χ1n) is 5.53. The quantitative estimate of drug-likeness (QED) is 0.881. The van der Waals surface area contributed by atoms with Crippen LogP contribution in [0.5, 0.6) is 0 Å². The first-order valence-corrected chi connectivity index (χ1v) is 7.01. The topological polar surface area (TPSA) is 70.0 Å². The molecule has 0 atom stereocenters. The lowest BCUT2D eigenvalue weighted by Crippen LogP contribution is -2.26. The summed E-state index contributed by atoms with van der Waals surface area (Å²) in [5, 5.41) is 8.78. The number of aryl methyl sites for hydroxylation is 1. The number of hydrogen-bond donors (Lipinski definition) is 1. The minimum absolute atomic E-state index is 0.206. The van der Waals surface area contributed by atoms with Gasteiger partial charge in [-0.2, -0.15) is 5.26 Å². The van der Waals surface area contributed by atoms with E-state index in [1.165, 1.54) is 6.07 Å². The van der Waals surface area contributed by atoms with E-state index < -0.39 is 10.0 Å². The zero-order chi connectivity index (χ0) is 12.5. The number of nitriles is 1. The summed E-state index contributed by atoms with van der Waals surface area (Å²) < 4.78 is 26.7. The third-order valence-corrected chi connectivity index (χ3v) is 4.43. The molecule has 1 fully saturated rings.